The monoisotopic (exact) mass is 776 g/mol. The van der Waals surface area contributed by atoms with Gasteiger partial charge in [0.2, 0.25) is 17.3 Å². The number of ether oxygens (including phenoxy) is 1. The summed E-state index contributed by atoms with van der Waals surface area (Å²) in [5, 5.41) is 0. The standard InChI is InChI=1S/C37H34Br2N2O5S/c1-3-5-6-19-40-32-22-28(26-7-13-30(38)14-8-26)11-17-34(32)45-36(40)20-25(4-2)21-37-41(24-47(42,43)44)33-23-29(12-18-35(33)46-37)27-9-15-31(39)16-10-27/h7-18,20-23H,3-6,19,24H2,1-2H3. The van der Waals surface area contributed by atoms with Gasteiger partial charge in [-0.1, -0.05) is 94.9 Å². The fourth-order valence-corrected chi connectivity index (χ4v) is 6.78. The van der Waals surface area contributed by atoms with Crippen molar-refractivity contribution in [1.82, 2.24) is 0 Å². The summed E-state index contributed by atoms with van der Waals surface area (Å²) in [5.41, 5.74) is 6.89. The fourth-order valence-electron chi connectivity index (χ4n) is 5.67. The highest BCUT2D eigenvalue weighted by Gasteiger charge is 2.28. The molecule has 0 atom stereocenters. The maximum atomic E-state index is 12.1. The molecule has 7 nitrogen and oxygen atoms in total. The van der Waals surface area contributed by atoms with E-state index < -0.39 is 16.0 Å². The van der Waals surface area contributed by atoms with E-state index in [0.717, 1.165) is 74.0 Å². The number of allylic oxidation sites excluding steroid dienone is 2. The molecule has 4 aromatic carbocycles. The Kier molecular flexibility index (Phi) is 10.0. The van der Waals surface area contributed by atoms with E-state index in [0.29, 0.717) is 23.4 Å². The van der Waals surface area contributed by atoms with Crippen LogP contribution in [0.3, 0.4) is 0 Å². The Balaban J connectivity index is 1.40. The van der Waals surface area contributed by atoms with E-state index in [1.807, 2.05) is 67.6 Å². The average Bonchev–Trinajstić information content (AvgIpc) is 3.56. The number of unbranched alkanes of at least 4 members (excludes halogenated alkanes) is 2. The highest BCUT2D eigenvalue weighted by atomic mass is 79.9. The van der Waals surface area contributed by atoms with Gasteiger partial charge in [-0.15, -0.1) is 4.57 Å². The van der Waals surface area contributed by atoms with E-state index in [4.69, 9.17) is 9.15 Å². The number of fused-ring (bicyclic) bond motifs is 2. The van der Waals surface area contributed by atoms with E-state index in [9.17, 15) is 13.0 Å². The van der Waals surface area contributed by atoms with Crippen LogP contribution in [0.4, 0.5) is 5.69 Å². The molecule has 0 bridgehead atoms. The molecule has 0 unspecified atom stereocenters. The third kappa shape index (κ3) is 7.73. The summed E-state index contributed by atoms with van der Waals surface area (Å²) < 4.78 is 52.3. The molecular weight excluding hydrogens is 744 g/mol. The minimum atomic E-state index is -4.63. The summed E-state index contributed by atoms with van der Waals surface area (Å²) in [6.07, 6.45) is 7.56. The van der Waals surface area contributed by atoms with Gasteiger partial charge in [0.25, 0.3) is 5.52 Å². The van der Waals surface area contributed by atoms with Crippen molar-refractivity contribution in [2.45, 2.75) is 45.4 Å². The second-order valence-corrected chi connectivity index (χ2v) is 14.7. The van der Waals surface area contributed by atoms with Crippen molar-refractivity contribution in [3.8, 4) is 28.0 Å². The Hall–Kier alpha value is -3.70. The lowest BCUT2D eigenvalue weighted by molar-refractivity contribution is -0.658. The molecule has 1 aromatic heterocycles. The largest absolute Gasteiger partial charge is 0.743 e. The Labute approximate surface area is 292 Å². The summed E-state index contributed by atoms with van der Waals surface area (Å²) in [5.74, 6) is 0.980. The molecule has 0 N–H and O–H groups in total. The maximum Gasteiger partial charge on any atom is 0.375 e. The van der Waals surface area contributed by atoms with Gasteiger partial charge in [-0.2, -0.15) is 0 Å². The Morgan fingerprint density at radius 2 is 1.47 bits per heavy atom. The minimum Gasteiger partial charge on any atom is -0.743 e. The lowest BCUT2D eigenvalue weighted by atomic mass is 10.0. The number of halogens is 2. The lowest BCUT2D eigenvalue weighted by Gasteiger charge is -2.19. The molecule has 47 heavy (non-hydrogen) atoms. The smallest absolute Gasteiger partial charge is 0.375 e. The van der Waals surface area contributed by atoms with Crippen LogP contribution in [0.5, 0.6) is 5.75 Å². The van der Waals surface area contributed by atoms with Gasteiger partial charge in [0.05, 0.1) is 11.8 Å². The van der Waals surface area contributed by atoms with Crippen molar-refractivity contribution in [1.29, 1.82) is 0 Å². The molecule has 5 aromatic rings. The van der Waals surface area contributed by atoms with E-state index in [-0.39, 0.29) is 5.89 Å². The van der Waals surface area contributed by atoms with Gasteiger partial charge in [-0.05, 0) is 83.1 Å². The second kappa shape index (κ2) is 14.2. The first-order valence-electron chi connectivity index (χ1n) is 15.6. The summed E-state index contributed by atoms with van der Waals surface area (Å²) in [6, 6.07) is 27.9. The van der Waals surface area contributed by atoms with Crippen molar-refractivity contribution in [3.05, 3.63) is 117 Å². The molecule has 6 rings (SSSR count). The number of oxazole rings is 1. The normalized spacial score (nSPS) is 14.2. The zero-order valence-electron chi connectivity index (χ0n) is 26.1. The quantitative estimate of drug-likeness (QED) is 0.0754. The van der Waals surface area contributed by atoms with Gasteiger partial charge in [0.1, 0.15) is 0 Å². The van der Waals surface area contributed by atoms with Gasteiger partial charge in [-0.25, -0.2) is 8.42 Å². The maximum absolute atomic E-state index is 12.1. The van der Waals surface area contributed by atoms with E-state index in [1.165, 1.54) is 4.57 Å². The van der Waals surface area contributed by atoms with Crippen LogP contribution in [0.15, 0.2) is 116 Å². The molecule has 1 aliphatic heterocycles. The molecule has 0 saturated carbocycles. The zero-order valence-corrected chi connectivity index (χ0v) is 30.1. The highest BCUT2D eigenvalue weighted by Crippen LogP contribution is 2.42. The molecule has 2 heterocycles. The van der Waals surface area contributed by atoms with Gasteiger partial charge in [0, 0.05) is 27.6 Å². The van der Waals surface area contributed by atoms with Crippen LogP contribution in [0, 0.1) is 0 Å². The van der Waals surface area contributed by atoms with Crippen LogP contribution in [-0.4, -0.2) is 19.5 Å². The van der Waals surface area contributed by atoms with Gasteiger partial charge < -0.3 is 18.6 Å². The number of benzene rings is 4. The molecule has 0 saturated heterocycles. The molecule has 0 fully saturated rings. The summed E-state index contributed by atoms with van der Waals surface area (Å²) in [6.45, 7) is 4.98. The number of rotatable bonds is 11. The minimum absolute atomic E-state index is 0.270. The van der Waals surface area contributed by atoms with E-state index in [2.05, 4.69) is 67.9 Å². The Morgan fingerprint density at radius 1 is 0.851 bits per heavy atom. The van der Waals surface area contributed by atoms with E-state index in [1.54, 1.807) is 12.1 Å². The first-order chi connectivity index (χ1) is 22.6. The molecule has 10 heteroatoms. The summed E-state index contributed by atoms with van der Waals surface area (Å²) >= 11 is 6.99. The molecule has 242 valence electrons. The fraction of sp³-hybridized carbons (Fsp3) is 0.216. The molecular formula is C37H34Br2N2O5S. The van der Waals surface area contributed by atoms with Gasteiger partial charge in [-0.3, -0.25) is 0 Å². The number of hydrogen-bond donors (Lipinski definition) is 0. The third-order valence-electron chi connectivity index (χ3n) is 8.11. The van der Waals surface area contributed by atoms with E-state index >= 15 is 0 Å². The van der Waals surface area contributed by atoms with Crippen LogP contribution in [0.25, 0.3) is 39.4 Å². The van der Waals surface area contributed by atoms with Crippen molar-refractivity contribution in [2.24, 2.45) is 0 Å². The molecule has 0 aliphatic carbocycles. The summed E-state index contributed by atoms with van der Waals surface area (Å²) in [4.78, 5) is 2.20. The van der Waals surface area contributed by atoms with Crippen molar-refractivity contribution in [3.63, 3.8) is 0 Å². The average molecular weight is 779 g/mol. The van der Waals surface area contributed by atoms with Crippen LogP contribution in [-0.2, 0) is 16.0 Å². The van der Waals surface area contributed by atoms with Gasteiger partial charge in [0.15, 0.2) is 15.9 Å². The third-order valence-corrected chi connectivity index (χ3v) is 9.75. The van der Waals surface area contributed by atoms with Crippen molar-refractivity contribution >= 4 is 64.8 Å². The second-order valence-electron chi connectivity index (χ2n) is 11.5. The number of aromatic nitrogens is 1. The van der Waals surface area contributed by atoms with Crippen LogP contribution >= 0.6 is 31.9 Å². The predicted molar refractivity (Wildman–Crippen MR) is 193 cm³/mol. The Morgan fingerprint density at radius 3 is 2.09 bits per heavy atom. The van der Waals surface area contributed by atoms with Crippen molar-refractivity contribution < 1.29 is 26.7 Å². The zero-order chi connectivity index (χ0) is 33.1. The number of hydrogen-bond acceptors (Lipinski definition) is 6. The predicted octanol–water partition coefficient (Wildman–Crippen LogP) is 9.81. The Bertz CT molecular complexity index is 2090. The van der Waals surface area contributed by atoms with Gasteiger partial charge >= 0.3 is 5.89 Å². The first kappa shape index (κ1) is 33.2. The van der Waals surface area contributed by atoms with Crippen LogP contribution < -0.4 is 14.2 Å². The lowest BCUT2D eigenvalue weighted by Crippen LogP contribution is -2.39. The summed E-state index contributed by atoms with van der Waals surface area (Å²) in [7, 11) is -4.63. The molecule has 0 radical (unpaired) electrons. The molecule has 0 spiro atoms. The first-order valence-corrected chi connectivity index (χ1v) is 18.7. The number of nitrogens with zero attached hydrogens (tertiary/aromatic N) is 2. The molecule has 1 aliphatic rings. The van der Waals surface area contributed by atoms with Crippen LogP contribution in [0.2, 0.25) is 0 Å². The highest BCUT2D eigenvalue weighted by molar-refractivity contribution is 9.10. The topological polar surface area (TPSA) is 86.7 Å². The SMILES string of the molecule is CCCCCN1/C(=C\C(=C/c2oc3ccc(-c4ccc(Br)cc4)cc3[n+]2CS(=O)(=O)[O-])CC)Oc2ccc(-c3ccc(Br)cc3)cc21. The van der Waals surface area contributed by atoms with Crippen molar-refractivity contribution in [2.75, 3.05) is 11.4 Å². The number of anilines is 1. The molecule has 0 amide bonds. The van der Waals surface area contributed by atoms with Crippen LogP contribution in [0.1, 0.15) is 45.4 Å².